The summed E-state index contributed by atoms with van der Waals surface area (Å²) in [6, 6.07) is 10.3. The predicted molar refractivity (Wildman–Crippen MR) is 67.8 cm³/mol. The third kappa shape index (κ3) is 2.24. The Morgan fingerprint density at radius 2 is 2.29 bits per heavy atom. The van der Waals surface area contributed by atoms with Crippen molar-refractivity contribution in [1.29, 1.82) is 5.26 Å². The summed E-state index contributed by atoms with van der Waals surface area (Å²) in [7, 11) is 1.66. The van der Waals surface area contributed by atoms with Gasteiger partial charge in [0, 0.05) is 11.8 Å². The largest absolute Gasteiger partial charge is 0.497 e. The molecule has 1 aromatic carbocycles. The molecule has 1 aliphatic carbocycles. The fourth-order valence-corrected chi connectivity index (χ4v) is 2.19. The van der Waals surface area contributed by atoms with Crippen LogP contribution in [0.5, 0.6) is 5.75 Å². The SMILES string of the molecule is COc1cccc(C2(CC#N)C=CC=CC2)c1. The summed E-state index contributed by atoms with van der Waals surface area (Å²) in [6.07, 6.45) is 9.61. The Morgan fingerprint density at radius 1 is 1.41 bits per heavy atom. The second-order valence-electron chi connectivity index (χ2n) is 4.21. The van der Waals surface area contributed by atoms with E-state index in [9.17, 15) is 0 Å². The lowest BCUT2D eigenvalue weighted by Crippen LogP contribution is -2.23. The number of hydrogen-bond donors (Lipinski definition) is 0. The Hall–Kier alpha value is -2.01. The number of benzene rings is 1. The van der Waals surface area contributed by atoms with E-state index < -0.39 is 0 Å². The zero-order valence-corrected chi connectivity index (χ0v) is 9.89. The highest BCUT2D eigenvalue weighted by molar-refractivity contribution is 5.40. The van der Waals surface area contributed by atoms with Gasteiger partial charge in [0.1, 0.15) is 5.75 Å². The lowest BCUT2D eigenvalue weighted by Gasteiger charge is -2.29. The van der Waals surface area contributed by atoms with Crippen LogP contribution in [-0.4, -0.2) is 7.11 Å². The molecule has 86 valence electrons. The van der Waals surface area contributed by atoms with Gasteiger partial charge in [0.2, 0.25) is 0 Å². The van der Waals surface area contributed by atoms with Gasteiger partial charge < -0.3 is 4.74 Å². The first-order valence-electron chi connectivity index (χ1n) is 5.66. The molecular formula is C15H15NO. The van der Waals surface area contributed by atoms with Gasteiger partial charge in [-0.1, -0.05) is 36.4 Å². The minimum atomic E-state index is -0.196. The van der Waals surface area contributed by atoms with Crippen molar-refractivity contribution in [3.05, 3.63) is 54.1 Å². The average Bonchev–Trinajstić information content (AvgIpc) is 2.40. The quantitative estimate of drug-likeness (QED) is 0.790. The standard InChI is InChI=1S/C15H15NO/c1-17-14-7-5-6-13(12-14)15(10-11-16)8-3-2-4-9-15/h2-8,12H,9-10H2,1H3. The zero-order chi connectivity index (χ0) is 12.1. The Bertz CT molecular complexity index is 496. The van der Waals surface area contributed by atoms with E-state index in [4.69, 9.17) is 10.00 Å². The van der Waals surface area contributed by atoms with Gasteiger partial charge in [0.05, 0.1) is 13.2 Å². The highest BCUT2D eigenvalue weighted by atomic mass is 16.5. The fourth-order valence-electron chi connectivity index (χ4n) is 2.19. The molecule has 2 heteroatoms. The van der Waals surface area contributed by atoms with Gasteiger partial charge in [-0.05, 0) is 24.1 Å². The third-order valence-electron chi connectivity index (χ3n) is 3.18. The molecule has 0 amide bonds. The lowest BCUT2D eigenvalue weighted by molar-refractivity contribution is 0.412. The molecule has 0 heterocycles. The van der Waals surface area contributed by atoms with Crippen molar-refractivity contribution in [2.75, 3.05) is 7.11 Å². The number of hydrogen-bond acceptors (Lipinski definition) is 2. The van der Waals surface area contributed by atoms with Crippen LogP contribution >= 0.6 is 0 Å². The molecule has 2 nitrogen and oxygen atoms in total. The molecule has 0 spiro atoms. The van der Waals surface area contributed by atoms with E-state index >= 15 is 0 Å². The van der Waals surface area contributed by atoms with Crippen molar-refractivity contribution in [2.45, 2.75) is 18.3 Å². The van der Waals surface area contributed by atoms with Crippen molar-refractivity contribution in [3.8, 4) is 11.8 Å². The van der Waals surface area contributed by atoms with Gasteiger partial charge >= 0.3 is 0 Å². The summed E-state index contributed by atoms with van der Waals surface area (Å²) in [6.45, 7) is 0. The topological polar surface area (TPSA) is 33.0 Å². The molecule has 0 radical (unpaired) electrons. The van der Waals surface area contributed by atoms with Crippen LogP contribution in [0.4, 0.5) is 0 Å². The number of methoxy groups -OCH3 is 1. The molecule has 2 rings (SSSR count). The van der Waals surface area contributed by atoms with E-state index in [1.54, 1.807) is 7.11 Å². The average molecular weight is 225 g/mol. The summed E-state index contributed by atoms with van der Waals surface area (Å²) in [5, 5.41) is 9.03. The maximum atomic E-state index is 9.03. The van der Waals surface area contributed by atoms with Gasteiger partial charge in [0.25, 0.3) is 0 Å². The molecular weight excluding hydrogens is 210 g/mol. The second kappa shape index (κ2) is 4.88. The van der Waals surface area contributed by atoms with Crippen LogP contribution < -0.4 is 4.74 Å². The Morgan fingerprint density at radius 3 is 2.94 bits per heavy atom. The van der Waals surface area contributed by atoms with Crippen LogP contribution in [0.1, 0.15) is 18.4 Å². The molecule has 0 aromatic heterocycles. The maximum Gasteiger partial charge on any atom is 0.119 e. The Balaban J connectivity index is 2.42. The summed E-state index contributed by atoms with van der Waals surface area (Å²) in [5.41, 5.74) is 0.942. The Labute approximate surface area is 102 Å². The maximum absolute atomic E-state index is 9.03. The van der Waals surface area contributed by atoms with E-state index in [0.29, 0.717) is 6.42 Å². The summed E-state index contributed by atoms with van der Waals surface area (Å²) < 4.78 is 5.24. The van der Waals surface area contributed by atoms with Crippen molar-refractivity contribution >= 4 is 0 Å². The normalized spacial score (nSPS) is 22.1. The first-order valence-corrected chi connectivity index (χ1v) is 5.66. The summed E-state index contributed by atoms with van der Waals surface area (Å²) in [5.74, 6) is 0.836. The van der Waals surface area contributed by atoms with Crippen LogP contribution in [0.15, 0.2) is 48.6 Å². The van der Waals surface area contributed by atoms with Crippen LogP contribution in [0, 0.1) is 11.3 Å². The number of nitrogens with zero attached hydrogens (tertiary/aromatic N) is 1. The van der Waals surface area contributed by atoms with E-state index in [2.05, 4.69) is 24.3 Å². The van der Waals surface area contributed by atoms with Crippen LogP contribution in [0.25, 0.3) is 0 Å². The number of nitriles is 1. The minimum Gasteiger partial charge on any atom is -0.497 e. The highest BCUT2D eigenvalue weighted by Crippen LogP contribution is 2.37. The van der Waals surface area contributed by atoms with Gasteiger partial charge in [-0.25, -0.2) is 0 Å². The van der Waals surface area contributed by atoms with Crippen molar-refractivity contribution < 1.29 is 4.74 Å². The molecule has 0 N–H and O–H groups in total. The zero-order valence-electron chi connectivity index (χ0n) is 9.89. The molecule has 1 unspecified atom stereocenters. The molecule has 0 saturated carbocycles. The van der Waals surface area contributed by atoms with Crippen molar-refractivity contribution in [2.24, 2.45) is 0 Å². The number of allylic oxidation sites excluding steroid dienone is 4. The first-order chi connectivity index (χ1) is 8.30. The Kier molecular flexibility index (Phi) is 3.30. The minimum absolute atomic E-state index is 0.196. The van der Waals surface area contributed by atoms with E-state index in [0.717, 1.165) is 17.7 Å². The molecule has 17 heavy (non-hydrogen) atoms. The monoisotopic (exact) mass is 225 g/mol. The highest BCUT2D eigenvalue weighted by Gasteiger charge is 2.29. The van der Waals surface area contributed by atoms with Gasteiger partial charge in [0.15, 0.2) is 0 Å². The third-order valence-corrected chi connectivity index (χ3v) is 3.18. The second-order valence-corrected chi connectivity index (χ2v) is 4.21. The van der Waals surface area contributed by atoms with Gasteiger partial charge in [-0.2, -0.15) is 5.26 Å². The molecule has 1 aromatic rings. The first kappa shape index (κ1) is 11.5. The molecule has 1 atom stereocenters. The van der Waals surface area contributed by atoms with E-state index in [1.165, 1.54) is 0 Å². The molecule has 0 saturated heterocycles. The summed E-state index contributed by atoms with van der Waals surface area (Å²) >= 11 is 0. The number of ether oxygens (including phenoxy) is 1. The van der Waals surface area contributed by atoms with Crippen LogP contribution in [-0.2, 0) is 5.41 Å². The van der Waals surface area contributed by atoms with Crippen LogP contribution in [0.2, 0.25) is 0 Å². The number of rotatable bonds is 3. The van der Waals surface area contributed by atoms with Crippen molar-refractivity contribution in [3.63, 3.8) is 0 Å². The smallest absolute Gasteiger partial charge is 0.119 e. The van der Waals surface area contributed by atoms with E-state index in [-0.39, 0.29) is 5.41 Å². The van der Waals surface area contributed by atoms with Crippen LogP contribution in [0.3, 0.4) is 0 Å². The van der Waals surface area contributed by atoms with Gasteiger partial charge in [-0.3, -0.25) is 0 Å². The lowest BCUT2D eigenvalue weighted by atomic mass is 9.73. The summed E-state index contributed by atoms with van der Waals surface area (Å²) in [4.78, 5) is 0. The molecule has 0 bridgehead atoms. The molecule has 0 fully saturated rings. The van der Waals surface area contributed by atoms with E-state index in [1.807, 2.05) is 30.4 Å². The van der Waals surface area contributed by atoms with Gasteiger partial charge in [-0.15, -0.1) is 0 Å². The van der Waals surface area contributed by atoms with Crippen molar-refractivity contribution in [1.82, 2.24) is 0 Å². The molecule has 0 aliphatic heterocycles. The predicted octanol–water partition coefficient (Wildman–Crippen LogP) is 3.36. The molecule has 1 aliphatic rings. The fraction of sp³-hybridized carbons (Fsp3) is 0.267.